The lowest BCUT2D eigenvalue weighted by Crippen LogP contribution is -2.39. The number of nitrogens with one attached hydrogen (secondary N) is 1. The molecule has 26 heavy (non-hydrogen) atoms. The fraction of sp³-hybridized carbons (Fsp3) is 0.368. The lowest BCUT2D eigenvalue weighted by atomic mass is 10.2. The van der Waals surface area contributed by atoms with E-state index in [9.17, 15) is 4.39 Å². The number of halogens is 1. The number of nitrogens with zero attached hydrogens (tertiary/aromatic N) is 4. The number of hydrogen-bond donors (Lipinski definition) is 1. The summed E-state index contributed by atoms with van der Waals surface area (Å²) < 4.78 is 21.7. The minimum Gasteiger partial charge on any atom is -0.379 e. The van der Waals surface area contributed by atoms with E-state index in [1.54, 1.807) is 12.3 Å². The molecule has 1 aliphatic heterocycles. The molecule has 1 saturated heterocycles. The third-order valence-corrected chi connectivity index (χ3v) is 4.57. The van der Waals surface area contributed by atoms with Crippen molar-refractivity contribution in [2.24, 2.45) is 0 Å². The van der Waals surface area contributed by atoms with E-state index in [2.05, 4.69) is 20.2 Å². The molecule has 4 rings (SSSR count). The number of pyridine rings is 2. The summed E-state index contributed by atoms with van der Waals surface area (Å²) in [6.45, 7) is 7.09. The van der Waals surface area contributed by atoms with E-state index in [1.807, 2.05) is 29.7 Å². The van der Waals surface area contributed by atoms with Gasteiger partial charge in [-0.25, -0.2) is 9.37 Å². The van der Waals surface area contributed by atoms with Crippen LogP contribution < -0.4 is 5.32 Å². The molecular weight excluding hydrogens is 333 g/mol. The molecule has 0 aromatic carbocycles. The molecule has 1 fully saturated rings. The van der Waals surface area contributed by atoms with E-state index < -0.39 is 0 Å². The second-order valence-electron chi connectivity index (χ2n) is 6.46. The average molecular weight is 355 g/mol. The molecule has 4 heterocycles. The van der Waals surface area contributed by atoms with Gasteiger partial charge in [0.25, 0.3) is 0 Å². The van der Waals surface area contributed by atoms with Crippen LogP contribution in [0.5, 0.6) is 0 Å². The highest BCUT2D eigenvalue weighted by atomic mass is 19.1. The highest BCUT2D eigenvalue weighted by molar-refractivity contribution is 5.74. The summed E-state index contributed by atoms with van der Waals surface area (Å²) in [5, 5.41) is 3.45. The molecule has 0 aliphatic carbocycles. The molecule has 0 spiro atoms. The number of aromatic nitrogens is 3. The normalized spacial score (nSPS) is 15.5. The maximum Gasteiger partial charge on any atom is 0.151 e. The quantitative estimate of drug-likeness (QED) is 0.762. The number of morpholine rings is 1. The van der Waals surface area contributed by atoms with Crippen LogP contribution in [0.1, 0.15) is 5.56 Å². The highest BCUT2D eigenvalue weighted by Crippen LogP contribution is 2.29. The molecule has 7 heteroatoms. The summed E-state index contributed by atoms with van der Waals surface area (Å²) >= 11 is 0. The van der Waals surface area contributed by atoms with Gasteiger partial charge in [-0.2, -0.15) is 0 Å². The van der Waals surface area contributed by atoms with Gasteiger partial charge in [-0.15, -0.1) is 0 Å². The van der Waals surface area contributed by atoms with E-state index in [0.717, 1.165) is 56.4 Å². The number of aryl methyl sites for hydroxylation is 1. The summed E-state index contributed by atoms with van der Waals surface area (Å²) in [5.41, 5.74) is 2.68. The molecular formula is C19H22FN5O. The Morgan fingerprint density at radius 3 is 2.85 bits per heavy atom. The van der Waals surface area contributed by atoms with Crippen LogP contribution in [0.4, 0.5) is 10.2 Å². The Hall–Kier alpha value is -2.51. The average Bonchev–Trinajstić information content (AvgIpc) is 3.01. The van der Waals surface area contributed by atoms with Crippen LogP contribution in [0.3, 0.4) is 0 Å². The van der Waals surface area contributed by atoms with E-state index in [1.165, 1.54) is 6.07 Å². The molecule has 0 atom stereocenters. The molecule has 3 aromatic rings. The summed E-state index contributed by atoms with van der Waals surface area (Å²) in [6.07, 6.45) is 3.59. The molecule has 0 amide bonds. The minimum atomic E-state index is -0.371. The van der Waals surface area contributed by atoms with Crippen LogP contribution in [0, 0.1) is 12.7 Å². The Morgan fingerprint density at radius 1 is 1.19 bits per heavy atom. The Balaban J connectivity index is 1.65. The lowest BCUT2D eigenvalue weighted by Gasteiger charge is -2.26. The molecule has 0 saturated carbocycles. The zero-order valence-electron chi connectivity index (χ0n) is 14.8. The second kappa shape index (κ2) is 7.39. The summed E-state index contributed by atoms with van der Waals surface area (Å²) in [7, 11) is 0. The van der Waals surface area contributed by atoms with Crippen molar-refractivity contribution < 1.29 is 9.13 Å². The molecule has 0 bridgehead atoms. The van der Waals surface area contributed by atoms with Gasteiger partial charge in [-0.05, 0) is 30.7 Å². The van der Waals surface area contributed by atoms with Gasteiger partial charge < -0.3 is 10.1 Å². The van der Waals surface area contributed by atoms with Crippen LogP contribution in [-0.2, 0) is 4.74 Å². The number of hydrogen-bond acceptors (Lipinski definition) is 5. The topological polar surface area (TPSA) is 54.7 Å². The molecule has 0 unspecified atom stereocenters. The smallest absolute Gasteiger partial charge is 0.151 e. The van der Waals surface area contributed by atoms with Crippen molar-refractivity contribution in [2.75, 3.05) is 44.7 Å². The summed E-state index contributed by atoms with van der Waals surface area (Å²) in [6, 6.07) is 6.94. The lowest BCUT2D eigenvalue weighted by molar-refractivity contribution is 0.0398. The van der Waals surface area contributed by atoms with Gasteiger partial charge in [0.1, 0.15) is 22.9 Å². The van der Waals surface area contributed by atoms with Crippen LogP contribution in [-0.4, -0.2) is 58.7 Å². The first-order chi connectivity index (χ1) is 12.7. The molecule has 136 valence electrons. The van der Waals surface area contributed by atoms with E-state index in [4.69, 9.17) is 4.74 Å². The first-order valence-electron chi connectivity index (χ1n) is 8.86. The largest absolute Gasteiger partial charge is 0.379 e. The maximum absolute atomic E-state index is 14.3. The number of rotatable bonds is 5. The van der Waals surface area contributed by atoms with Crippen molar-refractivity contribution >= 4 is 11.5 Å². The molecule has 0 radical (unpaired) electrons. The maximum atomic E-state index is 14.3. The predicted octanol–water partition coefficient (Wildman–Crippen LogP) is 2.59. The fourth-order valence-electron chi connectivity index (χ4n) is 3.20. The zero-order valence-corrected chi connectivity index (χ0v) is 14.8. The van der Waals surface area contributed by atoms with Crippen molar-refractivity contribution in [2.45, 2.75) is 6.92 Å². The zero-order chi connectivity index (χ0) is 17.9. The first-order valence-corrected chi connectivity index (χ1v) is 8.86. The van der Waals surface area contributed by atoms with Crippen LogP contribution in [0.2, 0.25) is 0 Å². The van der Waals surface area contributed by atoms with Gasteiger partial charge in [0, 0.05) is 38.6 Å². The van der Waals surface area contributed by atoms with Crippen molar-refractivity contribution in [3.05, 3.63) is 48.0 Å². The summed E-state index contributed by atoms with van der Waals surface area (Å²) in [5.74, 6) is 0.401. The SMILES string of the molecule is Cc1ccc2nc(-c3ncccc3F)c(NCCN3CCOCC3)n2c1. The fourth-order valence-corrected chi connectivity index (χ4v) is 3.20. The van der Waals surface area contributed by atoms with Gasteiger partial charge in [0.15, 0.2) is 5.82 Å². The second-order valence-corrected chi connectivity index (χ2v) is 6.46. The molecule has 3 aromatic heterocycles. The molecule has 6 nitrogen and oxygen atoms in total. The van der Waals surface area contributed by atoms with E-state index >= 15 is 0 Å². The van der Waals surface area contributed by atoms with Gasteiger partial charge in [0.05, 0.1) is 13.2 Å². The first kappa shape index (κ1) is 16.9. The van der Waals surface area contributed by atoms with E-state index in [0.29, 0.717) is 5.69 Å². The van der Waals surface area contributed by atoms with Gasteiger partial charge >= 0.3 is 0 Å². The van der Waals surface area contributed by atoms with Crippen molar-refractivity contribution in [3.8, 4) is 11.4 Å². The van der Waals surface area contributed by atoms with Gasteiger partial charge in [-0.3, -0.25) is 14.3 Å². The Kier molecular flexibility index (Phi) is 4.81. The number of fused-ring (bicyclic) bond motifs is 1. The van der Waals surface area contributed by atoms with Crippen molar-refractivity contribution in [1.82, 2.24) is 19.3 Å². The molecule has 1 N–H and O–H groups in total. The Labute approximate surface area is 151 Å². The number of ether oxygens (including phenoxy) is 1. The third kappa shape index (κ3) is 3.40. The van der Waals surface area contributed by atoms with Crippen molar-refractivity contribution in [3.63, 3.8) is 0 Å². The van der Waals surface area contributed by atoms with E-state index in [-0.39, 0.29) is 11.5 Å². The Morgan fingerprint density at radius 2 is 2.04 bits per heavy atom. The van der Waals surface area contributed by atoms with Gasteiger partial charge in [-0.1, -0.05) is 6.07 Å². The van der Waals surface area contributed by atoms with Crippen LogP contribution >= 0.6 is 0 Å². The predicted molar refractivity (Wildman–Crippen MR) is 98.9 cm³/mol. The van der Waals surface area contributed by atoms with Crippen LogP contribution in [0.25, 0.3) is 17.0 Å². The monoisotopic (exact) mass is 355 g/mol. The van der Waals surface area contributed by atoms with Crippen molar-refractivity contribution in [1.29, 1.82) is 0 Å². The molecule has 1 aliphatic rings. The Bertz CT molecular complexity index is 904. The van der Waals surface area contributed by atoms with Gasteiger partial charge in [0.2, 0.25) is 0 Å². The number of imidazole rings is 1. The standard InChI is InChI=1S/C19H22FN5O/c1-14-4-5-16-23-18(17-15(20)3-2-6-21-17)19(25(16)13-14)22-7-8-24-9-11-26-12-10-24/h2-6,13,22H,7-12H2,1H3. The number of anilines is 1. The third-order valence-electron chi connectivity index (χ3n) is 4.57. The minimum absolute atomic E-state index is 0.266. The van der Waals surface area contributed by atoms with Crippen LogP contribution in [0.15, 0.2) is 36.7 Å². The highest BCUT2D eigenvalue weighted by Gasteiger charge is 2.18. The summed E-state index contributed by atoms with van der Waals surface area (Å²) in [4.78, 5) is 11.2.